The Labute approximate surface area is 119 Å². The van der Waals surface area contributed by atoms with Gasteiger partial charge in [-0.1, -0.05) is 23.7 Å². The monoisotopic (exact) mass is 302 g/mol. The van der Waals surface area contributed by atoms with Gasteiger partial charge in [0.2, 0.25) is 10.0 Å². The van der Waals surface area contributed by atoms with Gasteiger partial charge in [0.1, 0.15) is 4.90 Å². The maximum atomic E-state index is 12.7. The molecule has 0 atom stereocenters. The Balaban J connectivity index is 3.48. The van der Waals surface area contributed by atoms with Crippen molar-refractivity contribution in [3.05, 3.63) is 35.9 Å². The minimum absolute atomic E-state index is 0.0477. The smallest absolute Gasteiger partial charge is 0.247 e. The number of benzene rings is 1. The molecule has 19 heavy (non-hydrogen) atoms. The molecule has 0 aromatic heterocycles. The van der Waals surface area contributed by atoms with Gasteiger partial charge in [-0.05, 0) is 32.9 Å². The van der Waals surface area contributed by atoms with Crippen LogP contribution in [0.5, 0.6) is 0 Å². The maximum Gasteiger partial charge on any atom is 0.247 e. The van der Waals surface area contributed by atoms with Crippen molar-refractivity contribution in [2.24, 2.45) is 0 Å². The third kappa shape index (κ3) is 3.29. The van der Waals surface area contributed by atoms with Crippen molar-refractivity contribution >= 4 is 27.3 Å². The summed E-state index contributed by atoms with van der Waals surface area (Å²) in [6.45, 7) is 9.21. The molecule has 1 aromatic carbocycles. The number of hydrogen-bond acceptors (Lipinski definition) is 3. The minimum atomic E-state index is -3.78. The third-order valence-corrected chi connectivity index (χ3v) is 5.26. The van der Waals surface area contributed by atoms with Crippen LogP contribution in [0.4, 0.5) is 5.69 Å². The number of nitrogen functional groups attached to an aromatic ring is 1. The Bertz CT molecular complexity index is 557. The normalized spacial score (nSPS) is 12.7. The number of nitrogens with zero attached hydrogens (tertiary/aromatic N) is 1. The van der Waals surface area contributed by atoms with Crippen LogP contribution in [0, 0.1) is 0 Å². The van der Waals surface area contributed by atoms with E-state index in [4.69, 9.17) is 17.3 Å². The number of sulfonamides is 1. The summed E-state index contributed by atoms with van der Waals surface area (Å²) in [5.41, 5.74) is 5.31. The SMILES string of the molecule is C=CCN(C(C)(C)C)S(=O)(=O)c1c(N)cccc1Cl. The first-order valence-electron chi connectivity index (χ1n) is 5.80. The highest BCUT2D eigenvalue weighted by atomic mass is 35.5. The molecule has 0 bridgehead atoms. The van der Waals surface area contributed by atoms with E-state index in [0.29, 0.717) is 0 Å². The predicted molar refractivity (Wildman–Crippen MR) is 79.7 cm³/mol. The molecule has 0 radical (unpaired) electrons. The van der Waals surface area contributed by atoms with Gasteiger partial charge in [-0.15, -0.1) is 6.58 Å². The van der Waals surface area contributed by atoms with E-state index in [2.05, 4.69) is 6.58 Å². The summed E-state index contributed by atoms with van der Waals surface area (Å²) in [6.07, 6.45) is 1.54. The second-order valence-corrected chi connectivity index (χ2v) is 7.36. The molecule has 0 spiro atoms. The van der Waals surface area contributed by atoms with Crippen molar-refractivity contribution in [3.8, 4) is 0 Å². The fourth-order valence-corrected chi connectivity index (χ4v) is 4.16. The van der Waals surface area contributed by atoms with Gasteiger partial charge in [-0.3, -0.25) is 0 Å². The molecule has 0 aliphatic heterocycles. The molecule has 4 nitrogen and oxygen atoms in total. The van der Waals surface area contributed by atoms with Crippen LogP contribution in [-0.4, -0.2) is 24.8 Å². The van der Waals surface area contributed by atoms with Crippen LogP contribution >= 0.6 is 11.6 Å². The molecule has 0 unspecified atom stereocenters. The zero-order valence-corrected chi connectivity index (χ0v) is 12.9. The summed E-state index contributed by atoms with van der Waals surface area (Å²) in [7, 11) is -3.78. The van der Waals surface area contributed by atoms with Gasteiger partial charge < -0.3 is 5.73 Å². The number of halogens is 1. The van der Waals surface area contributed by atoms with Crippen LogP contribution in [0.15, 0.2) is 35.7 Å². The van der Waals surface area contributed by atoms with Crippen LogP contribution in [0.3, 0.4) is 0 Å². The number of anilines is 1. The van der Waals surface area contributed by atoms with E-state index in [1.54, 1.807) is 26.8 Å². The van der Waals surface area contributed by atoms with E-state index < -0.39 is 15.6 Å². The van der Waals surface area contributed by atoms with E-state index in [1.807, 2.05) is 0 Å². The molecular weight excluding hydrogens is 284 g/mol. The van der Waals surface area contributed by atoms with Gasteiger partial charge in [0.05, 0.1) is 10.7 Å². The lowest BCUT2D eigenvalue weighted by atomic mass is 10.1. The second-order valence-electron chi connectivity index (χ2n) is 5.15. The molecule has 0 heterocycles. The lowest BCUT2D eigenvalue weighted by molar-refractivity contribution is 0.270. The highest BCUT2D eigenvalue weighted by Gasteiger charge is 2.35. The van der Waals surface area contributed by atoms with E-state index in [-0.39, 0.29) is 22.2 Å². The van der Waals surface area contributed by atoms with Crippen LogP contribution in [0.2, 0.25) is 5.02 Å². The molecule has 1 rings (SSSR count). The summed E-state index contributed by atoms with van der Waals surface area (Å²) in [4.78, 5) is -0.0477. The van der Waals surface area contributed by atoms with Gasteiger partial charge >= 0.3 is 0 Å². The quantitative estimate of drug-likeness (QED) is 0.687. The van der Waals surface area contributed by atoms with Crippen molar-refractivity contribution in [1.82, 2.24) is 4.31 Å². The van der Waals surface area contributed by atoms with Crippen LogP contribution in [-0.2, 0) is 10.0 Å². The summed E-state index contributed by atoms with van der Waals surface area (Å²) in [5.74, 6) is 0. The number of hydrogen-bond donors (Lipinski definition) is 1. The molecule has 0 saturated carbocycles. The molecule has 106 valence electrons. The van der Waals surface area contributed by atoms with E-state index >= 15 is 0 Å². The topological polar surface area (TPSA) is 63.4 Å². The van der Waals surface area contributed by atoms with E-state index in [0.717, 1.165) is 0 Å². The van der Waals surface area contributed by atoms with Gasteiger partial charge in [0.15, 0.2) is 0 Å². The first-order chi connectivity index (χ1) is 8.62. The van der Waals surface area contributed by atoms with Gasteiger partial charge in [0, 0.05) is 12.1 Å². The summed E-state index contributed by atoms with van der Waals surface area (Å²) < 4.78 is 26.8. The molecule has 6 heteroatoms. The van der Waals surface area contributed by atoms with Crippen LogP contribution < -0.4 is 5.73 Å². The highest BCUT2D eigenvalue weighted by molar-refractivity contribution is 7.89. The number of rotatable bonds is 4. The Kier molecular flexibility index (Phi) is 4.66. The molecule has 2 N–H and O–H groups in total. The average Bonchev–Trinajstić information content (AvgIpc) is 2.23. The molecule has 0 amide bonds. The Hall–Kier alpha value is -1.04. The average molecular weight is 303 g/mol. The second kappa shape index (κ2) is 5.53. The molecule has 0 fully saturated rings. The van der Waals surface area contributed by atoms with Gasteiger partial charge in [-0.2, -0.15) is 4.31 Å². The standard InChI is InChI=1S/C13H19ClN2O2S/c1-5-9-16(13(2,3)4)19(17,18)12-10(14)7-6-8-11(12)15/h5-8H,1,9,15H2,2-4H3. The van der Waals surface area contributed by atoms with Crippen molar-refractivity contribution in [2.45, 2.75) is 31.2 Å². The summed E-state index contributed by atoms with van der Waals surface area (Å²) in [5, 5.41) is 0.123. The van der Waals surface area contributed by atoms with Crippen LogP contribution in [0.1, 0.15) is 20.8 Å². The first kappa shape index (κ1) is 16.0. The van der Waals surface area contributed by atoms with Crippen molar-refractivity contribution in [2.75, 3.05) is 12.3 Å². The fourth-order valence-electron chi connectivity index (χ4n) is 1.76. The predicted octanol–water partition coefficient (Wildman–Crippen LogP) is 2.90. The summed E-state index contributed by atoms with van der Waals surface area (Å²) in [6, 6.07) is 4.65. The molecule has 1 aromatic rings. The highest BCUT2D eigenvalue weighted by Crippen LogP contribution is 2.33. The zero-order chi connectivity index (χ0) is 14.8. The van der Waals surface area contributed by atoms with Crippen molar-refractivity contribution in [3.63, 3.8) is 0 Å². The Morgan fingerprint density at radius 1 is 1.42 bits per heavy atom. The molecule has 0 saturated heterocycles. The molecule has 0 aliphatic rings. The first-order valence-corrected chi connectivity index (χ1v) is 7.62. The van der Waals surface area contributed by atoms with Crippen molar-refractivity contribution in [1.29, 1.82) is 0 Å². The lowest BCUT2D eigenvalue weighted by Crippen LogP contribution is -2.45. The Morgan fingerprint density at radius 2 is 2.00 bits per heavy atom. The van der Waals surface area contributed by atoms with Gasteiger partial charge in [-0.25, -0.2) is 8.42 Å². The third-order valence-electron chi connectivity index (χ3n) is 2.59. The van der Waals surface area contributed by atoms with E-state index in [1.165, 1.54) is 22.5 Å². The maximum absolute atomic E-state index is 12.7. The van der Waals surface area contributed by atoms with Crippen molar-refractivity contribution < 1.29 is 8.42 Å². The van der Waals surface area contributed by atoms with Crippen LogP contribution in [0.25, 0.3) is 0 Å². The van der Waals surface area contributed by atoms with Gasteiger partial charge in [0.25, 0.3) is 0 Å². The fraction of sp³-hybridized carbons (Fsp3) is 0.385. The largest absolute Gasteiger partial charge is 0.398 e. The summed E-state index contributed by atoms with van der Waals surface area (Å²) >= 11 is 6.00. The lowest BCUT2D eigenvalue weighted by Gasteiger charge is -2.34. The molecule has 0 aliphatic carbocycles. The Morgan fingerprint density at radius 3 is 2.42 bits per heavy atom. The number of nitrogens with two attached hydrogens (primary N) is 1. The molecular formula is C13H19ClN2O2S. The van der Waals surface area contributed by atoms with E-state index in [9.17, 15) is 8.42 Å². The zero-order valence-electron chi connectivity index (χ0n) is 11.4. The minimum Gasteiger partial charge on any atom is -0.398 e.